The summed E-state index contributed by atoms with van der Waals surface area (Å²) >= 11 is 0. The van der Waals surface area contributed by atoms with E-state index >= 15 is 0 Å². The number of rotatable bonds is 0. The van der Waals surface area contributed by atoms with Crippen LogP contribution in [0, 0.1) is 0 Å². The van der Waals surface area contributed by atoms with Gasteiger partial charge in [-0.25, -0.2) is 9.98 Å². The Morgan fingerprint density at radius 2 is 2.43 bits per heavy atom. The second kappa shape index (κ2) is 2.80. The minimum atomic E-state index is 0.618. The highest BCUT2D eigenvalue weighted by Gasteiger charge is 2.20. The van der Waals surface area contributed by atoms with Crippen LogP contribution in [0.4, 0.5) is 0 Å². The van der Waals surface area contributed by atoms with Gasteiger partial charge in [0.2, 0.25) is 0 Å². The van der Waals surface area contributed by atoms with Crippen LogP contribution < -0.4 is 5.32 Å². The van der Waals surface area contributed by atoms with Crippen LogP contribution in [0.5, 0.6) is 0 Å². The van der Waals surface area contributed by atoms with Crippen LogP contribution in [0.1, 0.15) is 0 Å². The summed E-state index contributed by atoms with van der Waals surface area (Å²) in [5.74, 6) is 1.87. The second-order valence-electron chi connectivity index (χ2n) is 3.20. The van der Waals surface area contributed by atoms with Crippen LogP contribution in [0.3, 0.4) is 0 Å². The summed E-state index contributed by atoms with van der Waals surface area (Å²) < 4.78 is 0. The van der Waals surface area contributed by atoms with Gasteiger partial charge >= 0.3 is 0 Å². The third kappa shape index (κ3) is 1.06. The van der Waals surface area contributed by atoms with E-state index in [2.05, 4.69) is 20.3 Å². The fourth-order valence-corrected chi connectivity index (χ4v) is 1.58. The lowest BCUT2D eigenvalue weighted by Crippen LogP contribution is -2.38. The Balaban J connectivity index is 2.02. The van der Waals surface area contributed by atoms with Gasteiger partial charge in [-0.05, 0) is 6.08 Å². The molecule has 0 spiro atoms. The highest BCUT2D eigenvalue weighted by molar-refractivity contribution is 6.04. The van der Waals surface area contributed by atoms with Gasteiger partial charge in [0.15, 0.2) is 0 Å². The number of hydrogen-bond donors (Lipinski definition) is 1. The SMILES string of the molecule is C1=CC2=NC3=C(C=NCN3)CN2C=N1. The standard InChI is InChI=1S/C9H9N5/c1-2-10-6-14-4-7-3-11-5-12-9(7)13-8(1)14/h1-3,6,12H,4-5H2. The van der Waals surface area contributed by atoms with E-state index in [4.69, 9.17) is 0 Å². The minimum absolute atomic E-state index is 0.618. The average Bonchev–Trinajstić information content (AvgIpc) is 2.26. The summed E-state index contributed by atoms with van der Waals surface area (Å²) in [6, 6.07) is 0. The maximum Gasteiger partial charge on any atom is 0.137 e. The lowest BCUT2D eigenvalue weighted by atomic mass is 10.2. The fourth-order valence-electron chi connectivity index (χ4n) is 1.58. The van der Waals surface area contributed by atoms with Gasteiger partial charge < -0.3 is 10.2 Å². The molecule has 0 amide bonds. The summed E-state index contributed by atoms with van der Waals surface area (Å²) in [5, 5.41) is 3.14. The molecule has 14 heavy (non-hydrogen) atoms. The lowest BCUT2D eigenvalue weighted by molar-refractivity contribution is 0.643. The first-order chi connectivity index (χ1) is 6.93. The molecule has 3 aliphatic rings. The van der Waals surface area contributed by atoms with E-state index in [0.717, 1.165) is 23.8 Å². The Kier molecular flexibility index (Phi) is 1.50. The molecule has 0 aliphatic carbocycles. The molecule has 0 aromatic carbocycles. The monoisotopic (exact) mass is 187 g/mol. The molecular formula is C9H9N5. The van der Waals surface area contributed by atoms with Crippen LogP contribution in [-0.4, -0.2) is 36.5 Å². The van der Waals surface area contributed by atoms with Crippen LogP contribution in [0.25, 0.3) is 0 Å². The normalized spacial score (nSPS) is 22.9. The van der Waals surface area contributed by atoms with E-state index in [-0.39, 0.29) is 0 Å². The highest BCUT2D eigenvalue weighted by Crippen LogP contribution is 2.15. The molecule has 0 atom stereocenters. The Labute approximate surface area is 81.3 Å². The van der Waals surface area contributed by atoms with Crippen LogP contribution in [-0.2, 0) is 0 Å². The minimum Gasteiger partial charge on any atom is -0.351 e. The number of amidine groups is 1. The maximum atomic E-state index is 4.47. The summed E-state index contributed by atoms with van der Waals surface area (Å²) in [6.45, 7) is 1.41. The smallest absolute Gasteiger partial charge is 0.137 e. The molecule has 0 unspecified atom stereocenters. The molecule has 3 aliphatic heterocycles. The molecule has 0 saturated heterocycles. The van der Waals surface area contributed by atoms with Gasteiger partial charge in [0.25, 0.3) is 0 Å². The summed E-state index contributed by atoms with van der Waals surface area (Å²) in [5.41, 5.74) is 1.11. The van der Waals surface area contributed by atoms with Crippen molar-refractivity contribution in [2.45, 2.75) is 0 Å². The molecular weight excluding hydrogens is 178 g/mol. The Hall–Kier alpha value is -1.91. The number of hydrogen-bond acceptors (Lipinski definition) is 5. The topological polar surface area (TPSA) is 52.4 Å². The summed E-state index contributed by atoms with van der Waals surface area (Å²) in [6.07, 6.45) is 7.30. The molecule has 0 aromatic heterocycles. The van der Waals surface area contributed by atoms with Gasteiger partial charge in [-0.1, -0.05) is 0 Å². The van der Waals surface area contributed by atoms with Gasteiger partial charge in [0, 0.05) is 18.0 Å². The average molecular weight is 187 g/mol. The fraction of sp³-hybridized carbons (Fsp3) is 0.222. The number of nitrogens with one attached hydrogen (secondary N) is 1. The predicted octanol–water partition coefficient (Wildman–Crippen LogP) is 0.0992. The highest BCUT2D eigenvalue weighted by atomic mass is 15.3. The molecule has 0 radical (unpaired) electrons. The largest absolute Gasteiger partial charge is 0.351 e. The Bertz CT molecular complexity index is 413. The molecule has 0 aromatic rings. The van der Waals surface area contributed by atoms with Crippen molar-refractivity contribution in [3.63, 3.8) is 0 Å². The van der Waals surface area contributed by atoms with Crippen molar-refractivity contribution < 1.29 is 0 Å². The number of fused-ring (bicyclic) bond motifs is 1. The van der Waals surface area contributed by atoms with E-state index in [1.807, 2.05) is 17.2 Å². The van der Waals surface area contributed by atoms with Crippen molar-refractivity contribution in [1.29, 1.82) is 0 Å². The van der Waals surface area contributed by atoms with Crippen LogP contribution in [0.2, 0.25) is 0 Å². The molecule has 5 heteroatoms. The first-order valence-electron chi connectivity index (χ1n) is 4.45. The summed E-state index contributed by atoms with van der Waals surface area (Å²) in [4.78, 5) is 14.7. The lowest BCUT2D eigenvalue weighted by Gasteiger charge is -2.28. The predicted molar refractivity (Wildman–Crippen MR) is 55.3 cm³/mol. The van der Waals surface area contributed by atoms with E-state index in [0.29, 0.717) is 6.67 Å². The third-order valence-corrected chi connectivity index (χ3v) is 2.27. The molecule has 70 valence electrons. The van der Waals surface area contributed by atoms with Crippen molar-refractivity contribution in [3.05, 3.63) is 23.7 Å². The van der Waals surface area contributed by atoms with E-state index < -0.39 is 0 Å². The van der Waals surface area contributed by atoms with Gasteiger partial charge in [-0.15, -0.1) is 0 Å². The van der Waals surface area contributed by atoms with Crippen molar-refractivity contribution in [2.24, 2.45) is 15.0 Å². The first-order valence-corrected chi connectivity index (χ1v) is 4.45. The Morgan fingerprint density at radius 1 is 1.43 bits per heavy atom. The first kappa shape index (κ1) is 7.49. The molecule has 1 N–H and O–H groups in total. The second-order valence-corrected chi connectivity index (χ2v) is 3.20. The van der Waals surface area contributed by atoms with Gasteiger partial charge in [-0.2, -0.15) is 0 Å². The molecule has 0 saturated carbocycles. The quantitative estimate of drug-likeness (QED) is 0.584. The van der Waals surface area contributed by atoms with Gasteiger partial charge in [0.1, 0.15) is 18.3 Å². The van der Waals surface area contributed by atoms with E-state index in [1.165, 1.54) is 0 Å². The molecule has 5 nitrogen and oxygen atoms in total. The van der Waals surface area contributed by atoms with Gasteiger partial charge in [0.05, 0.1) is 12.9 Å². The van der Waals surface area contributed by atoms with Crippen molar-refractivity contribution >= 4 is 18.4 Å². The van der Waals surface area contributed by atoms with Crippen molar-refractivity contribution in [3.8, 4) is 0 Å². The Morgan fingerprint density at radius 3 is 3.43 bits per heavy atom. The van der Waals surface area contributed by atoms with E-state index in [1.54, 1.807) is 12.5 Å². The van der Waals surface area contributed by atoms with Crippen molar-refractivity contribution in [1.82, 2.24) is 10.2 Å². The maximum absolute atomic E-state index is 4.47. The molecule has 3 heterocycles. The number of nitrogens with zero attached hydrogens (tertiary/aromatic N) is 4. The molecule has 0 bridgehead atoms. The zero-order valence-electron chi connectivity index (χ0n) is 7.51. The van der Waals surface area contributed by atoms with Crippen LogP contribution in [0.15, 0.2) is 38.6 Å². The summed E-state index contributed by atoms with van der Waals surface area (Å²) in [7, 11) is 0. The van der Waals surface area contributed by atoms with Crippen LogP contribution >= 0.6 is 0 Å². The van der Waals surface area contributed by atoms with E-state index in [9.17, 15) is 0 Å². The molecule has 3 rings (SSSR count). The number of aliphatic imine (C=N–C) groups is 3. The molecule has 0 fully saturated rings. The zero-order chi connectivity index (χ0) is 9.38. The third-order valence-electron chi connectivity index (χ3n) is 2.27. The zero-order valence-corrected chi connectivity index (χ0v) is 7.51. The van der Waals surface area contributed by atoms with Crippen molar-refractivity contribution in [2.75, 3.05) is 13.2 Å². The van der Waals surface area contributed by atoms with Gasteiger partial charge in [-0.3, -0.25) is 4.99 Å².